The first-order valence-corrected chi connectivity index (χ1v) is 5.54. The molecule has 2 rings (SSSR count). The summed E-state index contributed by atoms with van der Waals surface area (Å²) in [5.74, 6) is 0.738. The highest BCUT2D eigenvalue weighted by molar-refractivity contribution is 5.72. The molecule has 14 heavy (non-hydrogen) atoms. The van der Waals surface area contributed by atoms with Gasteiger partial charge in [0.2, 0.25) is 0 Å². The summed E-state index contributed by atoms with van der Waals surface area (Å²) in [5, 5.41) is 0. The summed E-state index contributed by atoms with van der Waals surface area (Å²) in [6.45, 7) is 4.35. The van der Waals surface area contributed by atoms with Gasteiger partial charge in [-0.05, 0) is 31.7 Å². The van der Waals surface area contributed by atoms with E-state index in [-0.39, 0.29) is 11.9 Å². The number of hydrogen-bond acceptors (Lipinski definition) is 3. The number of ether oxygens (including phenoxy) is 1. The summed E-state index contributed by atoms with van der Waals surface area (Å²) in [5.41, 5.74) is 0. The molecule has 0 aromatic carbocycles. The van der Waals surface area contributed by atoms with Gasteiger partial charge in [0, 0.05) is 12.6 Å². The Balaban J connectivity index is 2.02. The SMILES string of the molecule is COC(=O)C1CC(C)[C@@H]2CCCN2C1. The van der Waals surface area contributed by atoms with Gasteiger partial charge < -0.3 is 4.74 Å². The number of fused-ring (bicyclic) bond motifs is 1. The lowest BCUT2D eigenvalue weighted by Crippen LogP contribution is -2.46. The van der Waals surface area contributed by atoms with Gasteiger partial charge in [0.25, 0.3) is 0 Å². The maximum absolute atomic E-state index is 11.5. The van der Waals surface area contributed by atoms with Crippen molar-refractivity contribution in [3.05, 3.63) is 0 Å². The molecule has 0 aliphatic carbocycles. The van der Waals surface area contributed by atoms with Crippen LogP contribution in [0.4, 0.5) is 0 Å². The number of nitrogens with zero attached hydrogens (tertiary/aromatic N) is 1. The van der Waals surface area contributed by atoms with E-state index in [9.17, 15) is 4.79 Å². The van der Waals surface area contributed by atoms with Gasteiger partial charge in [0.1, 0.15) is 0 Å². The van der Waals surface area contributed by atoms with E-state index in [0.29, 0.717) is 5.92 Å². The van der Waals surface area contributed by atoms with Crippen molar-refractivity contribution in [1.82, 2.24) is 4.90 Å². The van der Waals surface area contributed by atoms with Crippen LogP contribution < -0.4 is 0 Å². The molecule has 2 heterocycles. The van der Waals surface area contributed by atoms with Gasteiger partial charge in [0.05, 0.1) is 13.0 Å². The van der Waals surface area contributed by atoms with Crippen molar-refractivity contribution in [3.8, 4) is 0 Å². The Bertz CT molecular complexity index is 229. The third-order valence-electron chi connectivity index (χ3n) is 3.72. The zero-order valence-electron chi connectivity index (χ0n) is 9.03. The van der Waals surface area contributed by atoms with E-state index >= 15 is 0 Å². The van der Waals surface area contributed by atoms with Crippen LogP contribution in [0.25, 0.3) is 0 Å². The lowest BCUT2D eigenvalue weighted by molar-refractivity contribution is -0.148. The molecule has 0 aromatic rings. The molecule has 3 heteroatoms. The van der Waals surface area contributed by atoms with E-state index in [1.807, 2.05) is 0 Å². The Morgan fingerprint density at radius 2 is 2.29 bits per heavy atom. The highest BCUT2D eigenvalue weighted by Gasteiger charge is 2.39. The van der Waals surface area contributed by atoms with E-state index < -0.39 is 0 Å². The predicted molar refractivity (Wildman–Crippen MR) is 53.9 cm³/mol. The van der Waals surface area contributed by atoms with Gasteiger partial charge in [-0.1, -0.05) is 6.92 Å². The fourth-order valence-corrected chi connectivity index (χ4v) is 3.02. The number of piperidine rings is 1. The second kappa shape index (κ2) is 3.89. The first-order valence-electron chi connectivity index (χ1n) is 5.54. The normalized spacial score (nSPS) is 38.0. The number of esters is 1. The summed E-state index contributed by atoms with van der Waals surface area (Å²) in [6, 6.07) is 0.732. The molecular weight excluding hydrogens is 178 g/mol. The third-order valence-corrected chi connectivity index (χ3v) is 3.72. The van der Waals surface area contributed by atoms with Crippen LogP contribution >= 0.6 is 0 Å². The summed E-state index contributed by atoms with van der Waals surface area (Å²) in [6.07, 6.45) is 3.62. The Morgan fingerprint density at radius 1 is 1.50 bits per heavy atom. The number of rotatable bonds is 1. The number of methoxy groups -OCH3 is 1. The second-order valence-corrected chi connectivity index (χ2v) is 4.64. The Kier molecular flexibility index (Phi) is 2.77. The molecule has 2 fully saturated rings. The summed E-state index contributed by atoms with van der Waals surface area (Å²) in [7, 11) is 1.49. The molecule has 2 saturated heterocycles. The molecule has 3 atom stereocenters. The molecule has 0 N–H and O–H groups in total. The predicted octanol–water partition coefficient (Wildman–Crippen LogP) is 1.28. The van der Waals surface area contributed by atoms with Crippen LogP contribution in [0.1, 0.15) is 26.2 Å². The smallest absolute Gasteiger partial charge is 0.309 e. The zero-order valence-corrected chi connectivity index (χ0v) is 9.03. The van der Waals surface area contributed by atoms with Gasteiger partial charge in [-0.25, -0.2) is 0 Å². The highest BCUT2D eigenvalue weighted by atomic mass is 16.5. The van der Waals surface area contributed by atoms with Crippen LogP contribution in [-0.2, 0) is 9.53 Å². The average Bonchev–Trinajstić information content (AvgIpc) is 2.64. The summed E-state index contributed by atoms with van der Waals surface area (Å²) < 4.78 is 4.82. The van der Waals surface area contributed by atoms with Crippen LogP contribution in [0.5, 0.6) is 0 Å². The average molecular weight is 197 g/mol. The van der Waals surface area contributed by atoms with E-state index in [2.05, 4.69) is 11.8 Å². The number of carbonyl (C=O) groups excluding carboxylic acids is 1. The Labute approximate surface area is 85.4 Å². The molecule has 0 aromatic heterocycles. The largest absolute Gasteiger partial charge is 0.469 e. The van der Waals surface area contributed by atoms with Gasteiger partial charge in [-0.2, -0.15) is 0 Å². The molecule has 2 unspecified atom stereocenters. The Morgan fingerprint density at radius 3 is 3.00 bits per heavy atom. The number of hydrogen-bond donors (Lipinski definition) is 0. The van der Waals surface area contributed by atoms with E-state index in [1.165, 1.54) is 26.5 Å². The number of carbonyl (C=O) groups is 1. The van der Waals surface area contributed by atoms with Gasteiger partial charge >= 0.3 is 5.97 Å². The van der Waals surface area contributed by atoms with E-state index in [1.54, 1.807) is 0 Å². The molecule has 2 aliphatic heterocycles. The molecule has 80 valence electrons. The maximum Gasteiger partial charge on any atom is 0.309 e. The minimum atomic E-state index is -0.0257. The van der Waals surface area contributed by atoms with Crippen molar-refractivity contribution in [2.45, 2.75) is 32.2 Å². The van der Waals surface area contributed by atoms with Gasteiger partial charge in [-0.15, -0.1) is 0 Å². The third kappa shape index (κ3) is 1.65. The van der Waals surface area contributed by atoms with Crippen molar-refractivity contribution >= 4 is 5.97 Å². The van der Waals surface area contributed by atoms with Crippen molar-refractivity contribution < 1.29 is 9.53 Å². The van der Waals surface area contributed by atoms with Crippen LogP contribution in [0.15, 0.2) is 0 Å². The lowest BCUT2D eigenvalue weighted by atomic mass is 9.84. The van der Waals surface area contributed by atoms with Crippen molar-refractivity contribution in [2.75, 3.05) is 20.2 Å². The first kappa shape index (κ1) is 9.97. The van der Waals surface area contributed by atoms with Gasteiger partial charge in [-0.3, -0.25) is 9.69 Å². The maximum atomic E-state index is 11.5. The van der Waals surface area contributed by atoms with Crippen LogP contribution in [-0.4, -0.2) is 37.1 Å². The summed E-state index contributed by atoms with van der Waals surface area (Å²) >= 11 is 0. The van der Waals surface area contributed by atoms with E-state index in [4.69, 9.17) is 4.74 Å². The van der Waals surface area contributed by atoms with Crippen LogP contribution in [0, 0.1) is 11.8 Å². The zero-order chi connectivity index (χ0) is 10.1. The molecular formula is C11H19NO2. The van der Waals surface area contributed by atoms with Crippen molar-refractivity contribution in [1.29, 1.82) is 0 Å². The second-order valence-electron chi connectivity index (χ2n) is 4.64. The van der Waals surface area contributed by atoms with E-state index in [0.717, 1.165) is 19.0 Å². The van der Waals surface area contributed by atoms with Crippen molar-refractivity contribution in [2.24, 2.45) is 11.8 Å². The summed E-state index contributed by atoms with van der Waals surface area (Å²) in [4.78, 5) is 13.9. The molecule has 0 saturated carbocycles. The molecule has 0 radical (unpaired) electrons. The minimum absolute atomic E-state index is 0.0257. The molecule has 0 amide bonds. The highest BCUT2D eigenvalue weighted by Crippen LogP contribution is 2.34. The molecule has 0 spiro atoms. The fourth-order valence-electron chi connectivity index (χ4n) is 3.02. The van der Waals surface area contributed by atoms with Crippen molar-refractivity contribution in [3.63, 3.8) is 0 Å². The first-order chi connectivity index (χ1) is 6.72. The topological polar surface area (TPSA) is 29.5 Å². The molecule has 3 nitrogen and oxygen atoms in total. The quantitative estimate of drug-likeness (QED) is 0.593. The standard InChI is InChI=1S/C11H19NO2/c1-8-6-9(11(13)14-2)7-12-5-3-4-10(8)12/h8-10H,3-7H2,1-2H3/t8?,9?,10-/m0/s1. The minimum Gasteiger partial charge on any atom is -0.469 e. The van der Waals surface area contributed by atoms with Crippen LogP contribution in [0.2, 0.25) is 0 Å². The molecule has 0 bridgehead atoms. The van der Waals surface area contributed by atoms with Crippen LogP contribution in [0.3, 0.4) is 0 Å². The molecule has 2 aliphatic rings. The van der Waals surface area contributed by atoms with Gasteiger partial charge in [0.15, 0.2) is 0 Å². The fraction of sp³-hybridized carbons (Fsp3) is 0.909. The lowest BCUT2D eigenvalue weighted by Gasteiger charge is -2.38. The Hall–Kier alpha value is -0.570. The monoisotopic (exact) mass is 197 g/mol.